The van der Waals surface area contributed by atoms with E-state index in [9.17, 15) is 14.7 Å². The van der Waals surface area contributed by atoms with Crippen LogP contribution in [0.25, 0.3) is 0 Å². The van der Waals surface area contributed by atoms with Crippen LogP contribution >= 0.6 is 0 Å². The van der Waals surface area contributed by atoms with Gasteiger partial charge < -0.3 is 15.3 Å². The number of fused-ring (bicyclic) bond motifs is 1. The molecule has 2 heterocycles. The highest BCUT2D eigenvalue weighted by molar-refractivity contribution is 5.89. The van der Waals surface area contributed by atoms with Gasteiger partial charge in [-0.3, -0.25) is 4.79 Å². The molecule has 1 aromatic carbocycles. The van der Waals surface area contributed by atoms with Crippen LogP contribution in [0, 0.1) is 0 Å². The maximum Gasteiger partial charge on any atom is 0.326 e. The number of carbonyl (C=O) groups is 2. The van der Waals surface area contributed by atoms with E-state index in [2.05, 4.69) is 5.32 Å². The number of hydrogen-bond donors (Lipinski definition) is 2. The minimum atomic E-state index is -0.895. The van der Waals surface area contributed by atoms with Gasteiger partial charge in [0.25, 0.3) is 0 Å². The monoisotopic (exact) mass is 274 g/mol. The number of nitrogens with zero attached hydrogens (tertiary/aromatic N) is 1. The van der Waals surface area contributed by atoms with Crippen molar-refractivity contribution in [2.45, 2.75) is 31.3 Å². The largest absolute Gasteiger partial charge is 0.480 e. The number of carboxylic acid groups (broad SMARTS) is 1. The third kappa shape index (κ3) is 2.18. The van der Waals surface area contributed by atoms with E-state index in [4.69, 9.17) is 0 Å². The summed E-state index contributed by atoms with van der Waals surface area (Å²) in [6, 6.07) is 7.23. The normalized spacial score (nSPS) is 25.3. The van der Waals surface area contributed by atoms with Crippen LogP contribution in [-0.2, 0) is 16.1 Å². The Bertz CT molecular complexity index is 544. The second kappa shape index (κ2) is 5.25. The van der Waals surface area contributed by atoms with Crippen molar-refractivity contribution in [3.8, 4) is 0 Å². The molecule has 20 heavy (non-hydrogen) atoms. The second-order valence-electron chi connectivity index (χ2n) is 5.41. The lowest BCUT2D eigenvalue weighted by Crippen LogP contribution is -2.46. The first-order chi connectivity index (χ1) is 9.68. The Kier molecular flexibility index (Phi) is 3.44. The average Bonchev–Trinajstić information content (AvgIpc) is 2.95. The molecule has 5 nitrogen and oxygen atoms in total. The maximum atomic E-state index is 12.7. The molecule has 1 aromatic rings. The van der Waals surface area contributed by atoms with Crippen molar-refractivity contribution in [2.75, 3.05) is 13.1 Å². The lowest BCUT2D eigenvalue weighted by molar-refractivity contribution is -0.148. The Hall–Kier alpha value is -1.88. The topological polar surface area (TPSA) is 69.6 Å². The molecule has 0 saturated carbocycles. The van der Waals surface area contributed by atoms with Crippen LogP contribution in [0.1, 0.15) is 29.9 Å². The summed E-state index contributed by atoms with van der Waals surface area (Å²) in [7, 11) is 0. The van der Waals surface area contributed by atoms with Gasteiger partial charge in [-0.05, 0) is 24.0 Å². The van der Waals surface area contributed by atoms with E-state index in [1.165, 1.54) is 4.90 Å². The molecule has 106 valence electrons. The minimum absolute atomic E-state index is 0.0606. The summed E-state index contributed by atoms with van der Waals surface area (Å²) in [6.07, 6.45) is 1.33. The van der Waals surface area contributed by atoms with E-state index in [-0.39, 0.29) is 11.8 Å². The zero-order valence-electron chi connectivity index (χ0n) is 11.2. The molecule has 0 bridgehead atoms. The first-order valence-corrected chi connectivity index (χ1v) is 7.00. The van der Waals surface area contributed by atoms with Gasteiger partial charge in [0.05, 0.1) is 5.92 Å². The lowest BCUT2D eigenvalue weighted by Gasteiger charge is -2.31. The van der Waals surface area contributed by atoms with E-state index in [1.807, 2.05) is 24.3 Å². The van der Waals surface area contributed by atoms with Gasteiger partial charge >= 0.3 is 5.97 Å². The Balaban J connectivity index is 1.87. The molecule has 3 rings (SSSR count). The zero-order chi connectivity index (χ0) is 14.1. The zero-order valence-corrected chi connectivity index (χ0v) is 11.2. The highest BCUT2D eigenvalue weighted by atomic mass is 16.4. The van der Waals surface area contributed by atoms with Gasteiger partial charge in [-0.2, -0.15) is 0 Å². The fourth-order valence-corrected chi connectivity index (χ4v) is 3.20. The molecule has 2 aliphatic rings. The van der Waals surface area contributed by atoms with Gasteiger partial charge in [0.15, 0.2) is 0 Å². The van der Waals surface area contributed by atoms with Crippen molar-refractivity contribution in [1.29, 1.82) is 0 Å². The summed E-state index contributed by atoms with van der Waals surface area (Å²) in [5.41, 5.74) is 2.16. The second-order valence-corrected chi connectivity index (χ2v) is 5.41. The van der Waals surface area contributed by atoms with Gasteiger partial charge in [0.2, 0.25) is 5.91 Å². The van der Waals surface area contributed by atoms with Crippen molar-refractivity contribution < 1.29 is 14.7 Å². The van der Waals surface area contributed by atoms with Crippen molar-refractivity contribution in [1.82, 2.24) is 10.2 Å². The molecule has 0 radical (unpaired) electrons. The highest BCUT2D eigenvalue weighted by Gasteiger charge is 2.38. The molecule has 5 heteroatoms. The molecule has 1 amide bonds. The van der Waals surface area contributed by atoms with Gasteiger partial charge in [-0.25, -0.2) is 4.79 Å². The standard InChI is InChI=1S/C15H18N2O3/c18-14(17-7-3-6-13(17)15(19)20)12-9-16-8-10-4-1-2-5-11(10)12/h1-2,4-5,12-13,16H,3,6-9H2,(H,19,20)/t12?,13-/m1/s1. The molecule has 1 fully saturated rings. The summed E-state index contributed by atoms with van der Waals surface area (Å²) < 4.78 is 0. The number of carbonyl (C=O) groups excluding carboxylic acids is 1. The summed E-state index contributed by atoms with van der Waals surface area (Å²) in [6.45, 7) is 1.90. The molecule has 0 aliphatic carbocycles. The first kappa shape index (κ1) is 13.1. The summed E-state index contributed by atoms with van der Waals surface area (Å²) in [5.74, 6) is -1.22. The van der Waals surface area contributed by atoms with Crippen LogP contribution < -0.4 is 5.32 Å². The molecular formula is C15H18N2O3. The Morgan fingerprint density at radius 1 is 1.30 bits per heavy atom. The van der Waals surface area contributed by atoms with Crippen LogP contribution in [0.3, 0.4) is 0 Å². The molecule has 2 N–H and O–H groups in total. The predicted molar refractivity (Wildman–Crippen MR) is 73.3 cm³/mol. The predicted octanol–water partition coefficient (Wildman–Crippen LogP) is 0.949. The minimum Gasteiger partial charge on any atom is -0.480 e. The van der Waals surface area contributed by atoms with Crippen molar-refractivity contribution in [3.05, 3.63) is 35.4 Å². The molecule has 2 atom stereocenters. The maximum absolute atomic E-state index is 12.7. The number of hydrogen-bond acceptors (Lipinski definition) is 3. The van der Waals surface area contributed by atoms with Gasteiger partial charge in [0.1, 0.15) is 6.04 Å². The third-order valence-electron chi connectivity index (χ3n) is 4.21. The smallest absolute Gasteiger partial charge is 0.326 e. The summed E-state index contributed by atoms with van der Waals surface area (Å²) in [5, 5.41) is 12.5. The van der Waals surface area contributed by atoms with E-state index >= 15 is 0 Å². The van der Waals surface area contributed by atoms with Crippen molar-refractivity contribution in [2.24, 2.45) is 0 Å². The quantitative estimate of drug-likeness (QED) is 0.842. The molecule has 0 aromatic heterocycles. The molecule has 1 unspecified atom stereocenters. The van der Waals surface area contributed by atoms with Crippen LogP contribution in [0.4, 0.5) is 0 Å². The third-order valence-corrected chi connectivity index (χ3v) is 4.21. The number of amides is 1. The Morgan fingerprint density at radius 2 is 2.10 bits per heavy atom. The van der Waals surface area contributed by atoms with Crippen LogP contribution in [0.5, 0.6) is 0 Å². The lowest BCUT2D eigenvalue weighted by atomic mass is 9.89. The average molecular weight is 274 g/mol. The van der Waals surface area contributed by atoms with Crippen LogP contribution in [-0.4, -0.2) is 41.0 Å². The molecule has 1 saturated heterocycles. The first-order valence-electron chi connectivity index (χ1n) is 7.00. The van der Waals surface area contributed by atoms with Crippen LogP contribution in [0.2, 0.25) is 0 Å². The van der Waals surface area contributed by atoms with Crippen molar-refractivity contribution >= 4 is 11.9 Å². The number of likely N-dealkylation sites (tertiary alicyclic amines) is 1. The number of rotatable bonds is 2. The summed E-state index contributed by atoms with van der Waals surface area (Å²) in [4.78, 5) is 25.5. The van der Waals surface area contributed by atoms with Gasteiger partial charge in [0, 0.05) is 19.6 Å². The van der Waals surface area contributed by atoms with Crippen LogP contribution in [0.15, 0.2) is 24.3 Å². The fourth-order valence-electron chi connectivity index (χ4n) is 3.20. The number of carboxylic acids is 1. The molecule has 2 aliphatic heterocycles. The highest BCUT2D eigenvalue weighted by Crippen LogP contribution is 2.29. The summed E-state index contributed by atoms with van der Waals surface area (Å²) >= 11 is 0. The Morgan fingerprint density at radius 3 is 2.90 bits per heavy atom. The SMILES string of the molecule is O=C(O)[C@H]1CCCN1C(=O)C1CNCc2ccccc21. The van der Waals surface area contributed by atoms with E-state index < -0.39 is 12.0 Å². The van der Waals surface area contributed by atoms with E-state index in [1.54, 1.807) is 0 Å². The number of benzene rings is 1. The van der Waals surface area contributed by atoms with Gasteiger partial charge in [-0.1, -0.05) is 24.3 Å². The van der Waals surface area contributed by atoms with E-state index in [0.717, 1.165) is 24.1 Å². The van der Waals surface area contributed by atoms with E-state index in [0.29, 0.717) is 19.5 Å². The van der Waals surface area contributed by atoms with Gasteiger partial charge in [-0.15, -0.1) is 0 Å². The Labute approximate surface area is 117 Å². The molecule has 0 spiro atoms. The van der Waals surface area contributed by atoms with Crippen molar-refractivity contribution in [3.63, 3.8) is 0 Å². The number of nitrogens with one attached hydrogen (secondary N) is 1. The number of aliphatic carboxylic acids is 1. The molecular weight excluding hydrogens is 256 g/mol. The fraction of sp³-hybridized carbons (Fsp3) is 0.467.